The highest BCUT2D eigenvalue weighted by Gasteiger charge is 2.16. The van der Waals surface area contributed by atoms with Crippen LogP contribution in [0.3, 0.4) is 0 Å². The Labute approximate surface area is 113 Å². The monoisotopic (exact) mass is 313 g/mol. The van der Waals surface area contributed by atoms with E-state index >= 15 is 0 Å². The van der Waals surface area contributed by atoms with Gasteiger partial charge in [-0.1, -0.05) is 6.07 Å². The zero-order valence-corrected chi connectivity index (χ0v) is 12.0. The average Bonchev–Trinajstić information content (AvgIpc) is 2.65. The molecular weight excluding hydrogens is 301 g/mol. The minimum absolute atomic E-state index is 0.0185. The van der Waals surface area contributed by atoms with Crippen molar-refractivity contribution in [3.8, 4) is 0 Å². The van der Waals surface area contributed by atoms with Crippen LogP contribution in [-0.4, -0.2) is 7.05 Å². The van der Waals surface area contributed by atoms with E-state index in [2.05, 4.69) is 26.6 Å². The fourth-order valence-corrected chi connectivity index (χ4v) is 3.48. The van der Waals surface area contributed by atoms with Crippen molar-refractivity contribution in [3.63, 3.8) is 0 Å². The Morgan fingerprint density at radius 3 is 2.59 bits per heavy atom. The van der Waals surface area contributed by atoms with Crippen LogP contribution in [0.2, 0.25) is 0 Å². The standard InChI is InChI=1S/C13H13BrFNS/c1-8-3-9(5-10(15)4-8)13(16-2)11-6-17-7-12(11)14/h3-7,13,16H,1-2H3. The average molecular weight is 314 g/mol. The summed E-state index contributed by atoms with van der Waals surface area (Å²) in [6.07, 6.45) is 0. The van der Waals surface area contributed by atoms with Gasteiger partial charge in [0.15, 0.2) is 0 Å². The normalized spacial score (nSPS) is 12.7. The van der Waals surface area contributed by atoms with Crippen LogP contribution in [0.25, 0.3) is 0 Å². The van der Waals surface area contributed by atoms with Gasteiger partial charge in [-0.2, -0.15) is 11.3 Å². The van der Waals surface area contributed by atoms with E-state index in [0.29, 0.717) is 0 Å². The third-order valence-corrected chi connectivity index (χ3v) is 4.39. The van der Waals surface area contributed by atoms with Gasteiger partial charge in [0.25, 0.3) is 0 Å². The van der Waals surface area contributed by atoms with Gasteiger partial charge < -0.3 is 5.32 Å². The summed E-state index contributed by atoms with van der Waals surface area (Å²) in [5, 5.41) is 7.33. The number of halogens is 2. The SMILES string of the molecule is CNC(c1cc(C)cc(F)c1)c1cscc1Br. The second-order valence-electron chi connectivity index (χ2n) is 3.96. The first kappa shape index (κ1) is 12.7. The quantitative estimate of drug-likeness (QED) is 0.892. The number of aryl methyl sites for hydroxylation is 1. The minimum Gasteiger partial charge on any atom is -0.309 e. The number of hydrogen-bond donors (Lipinski definition) is 1. The largest absolute Gasteiger partial charge is 0.309 e. The van der Waals surface area contributed by atoms with Crippen LogP contribution in [-0.2, 0) is 0 Å². The van der Waals surface area contributed by atoms with Gasteiger partial charge in [0.2, 0.25) is 0 Å². The van der Waals surface area contributed by atoms with Crippen LogP contribution >= 0.6 is 27.3 Å². The Hall–Kier alpha value is -0.710. The van der Waals surface area contributed by atoms with Gasteiger partial charge >= 0.3 is 0 Å². The van der Waals surface area contributed by atoms with E-state index in [1.54, 1.807) is 23.5 Å². The van der Waals surface area contributed by atoms with E-state index in [1.807, 2.05) is 25.4 Å². The molecule has 0 aliphatic heterocycles. The van der Waals surface area contributed by atoms with Crippen molar-refractivity contribution < 1.29 is 4.39 Å². The molecule has 1 atom stereocenters. The molecule has 0 amide bonds. The molecule has 0 aliphatic carbocycles. The summed E-state index contributed by atoms with van der Waals surface area (Å²) in [5.41, 5.74) is 3.03. The number of hydrogen-bond acceptors (Lipinski definition) is 2. The minimum atomic E-state index is -0.188. The lowest BCUT2D eigenvalue weighted by Crippen LogP contribution is -2.17. The van der Waals surface area contributed by atoms with Gasteiger partial charge in [-0.15, -0.1) is 0 Å². The summed E-state index contributed by atoms with van der Waals surface area (Å²) in [6.45, 7) is 1.90. The summed E-state index contributed by atoms with van der Waals surface area (Å²) in [5.74, 6) is -0.188. The Balaban J connectivity index is 2.45. The maximum atomic E-state index is 13.4. The number of nitrogens with one attached hydrogen (secondary N) is 1. The first-order valence-corrected chi connectivity index (χ1v) is 7.01. The molecule has 1 heterocycles. The van der Waals surface area contributed by atoms with Crippen LogP contribution in [0.4, 0.5) is 4.39 Å². The second kappa shape index (κ2) is 5.29. The van der Waals surface area contributed by atoms with E-state index < -0.39 is 0 Å². The summed E-state index contributed by atoms with van der Waals surface area (Å²) >= 11 is 5.15. The molecule has 0 aliphatic rings. The van der Waals surface area contributed by atoms with Crippen LogP contribution < -0.4 is 5.32 Å². The molecule has 1 aromatic heterocycles. The van der Waals surface area contributed by atoms with E-state index in [9.17, 15) is 4.39 Å². The van der Waals surface area contributed by atoms with Crippen LogP contribution in [0.5, 0.6) is 0 Å². The highest BCUT2D eigenvalue weighted by molar-refractivity contribution is 9.10. The van der Waals surface area contributed by atoms with Crippen molar-refractivity contribution in [2.24, 2.45) is 0 Å². The van der Waals surface area contributed by atoms with Crippen molar-refractivity contribution in [1.29, 1.82) is 0 Å². The maximum absolute atomic E-state index is 13.4. The topological polar surface area (TPSA) is 12.0 Å². The van der Waals surface area contributed by atoms with Gasteiger partial charge in [0.1, 0.15) is 5.82 Å². The molecule has 1 N–H and O–H groups in total. The van der Waals surface area contributed by atoms with Crippen molar-refractivity contribution >= 4 is 27.3 Å². The van der Waals surface area contributed by atoms with Crippen molar-refractivity contribution in [2.45, 2.75) is 13.0 Å². The fraction of sp³-hybridized carbons (Fsp3) is 0.231. The summed E-state index contributed by atoms with van der Waals surface area (Å²) in [7, 11) is 1.88. The predicted octanol–water partition coefficient (Wildman–Crippen LogP) is 4.27. The van der Waals surface area contributed by atoms with E-state index in [4.69, 9.17) is 0 Å². The third-order valence-electron chi connectivity index (χ3n) is 2.64. The molecule has 17 heavy (non-hydrogen) atoms. The maximum Gasteiger partial charge on any atom is 0.123 e. The molecule has 90 valence electrons. The van der Waals surface area contributed by atoms with E-state index in [-0.39, 0.29) is 11.9 Å². The van der Waals surface area contributed by atoms with E-state index in [1.165, 1.54) is 0 Å². The smallest absolute Gasteiger partial charge is 0.123 e. The molecule has 0 radical (unpaired) electrons. The van der Waals surface area contributed by atoms with E-state index in [0.717, 1.165) is 21.2 Å². The molecule has 0 saturated carbocycles. The lowest BCUT2D eigenvalue weighted by atomic mass is 9.99. The molecule has 1 nitrogen and oxygen atoms in total. The van der Waals surface area contributed by atoms with Crippen LogP contribution in [0, 0.1) is 12.7 Å². The fourth-order valence-electron chi connectivity index (χ4n) is 1.93. The number of rotatable bonds is 3. The van der Waals surface area contributed by atoms with Gasteiger partial charge in [-0.25, -0.2) is 4.39 Å². The zero-order chi connectivity index (χ0) is 12.4. The lowest BCUT2D eigenvalue weighted by Gasteiger charge is -2.17. The first-order valence-electron chi connectivity index (χ1n) is 5.27. The molecule has 0 bridgehead atoms. The van der Waals surface area contributed by atoms with Crippen molar-refractivity contribution in [3.05, 3.63) is 55.9 Å². The second-order valence-corrected chi connectivity index (χ2v) is 5.56. The lowest BCUT2D eigenvalue weighted by molar-refractivity contribution is 0.615. The number of benzene rings is 1. The molecule has 0 saturated heterocycles. The van der Waals surface area contributed by atoms with Crippen molar-refractivity contribution in [2.75, 3.05) is 7.05 Å². The molecule has 2 aromatic rings. The Morgan fingerprint density at radius 1 is 1.29 bits per heavy atom. The van der Waals surface area contributed by atoms with Gasteiger partial charge in [0.05, 0.1) is 6.04 Å². The molecule has 0 fully saturated rings. The molecule has 4 heteroatoms. The molecule has 1 unspecified atom stereocenters. The highest BCUT2D eigenvalue weighted by Crippen LogP contribution is 2.31. The van der Waals surface area contributed by atoms with Gasteiger partial charge in [0, 0.05) is 9.85 Å². The Kier molecular flexibility index (Phi) is 3.97. The predicted molar refractivity (Wildman–Crippen MR) is 74.1 cm³/mol. The molecule has 2 rings (SSSR count). The molecular formula is C13H13BrFNS. The van der Waals surface area contributed by atoms with Crippen LogP contribution in [0.1, 0.15) is 22.7 Å². The molecule has 0 spiro atoms. The third kappa shape index (κ3) is 2.76. The summed E-state index contributed by atoms with van der Waals surface area (Å²) < 4.78 is 14.5. The first-order chi connectivity index (χ1) is 8.11. The van der Waals surface area contributed by atoms with Gasteiger partial charge in [-0.05, 0) is 64.1 Å². The van der Waals surface area contributed by atoms with Gasteiger partial charge in [-0.3, -0.25) is 0 Å². The Morgan fingerprint density at radius 2 is 2.06 bits per heavy atom. The summed E-state index contributed by atoms with van der Waals surface area (Å²) in [4.78, 5) is 0. The molecule has 1 aromatic carbocycles. The Bertz CT molecular complexity index is 504. The highest BCUT2D eigenvalue weighted by atomic mass is 79.9. The van der Waals surface area contributed by atoms with Crippen molar-refractivity contribution in [1.82, 2.24) is 5.32 Å². The number of thiophene rings is 1. The van der Waals surface area contributed by atoms with Crippen LogP contribution in [0.15, 0.2) is 33.4 Å². The summed E-state index contributed by atoms with van der Waals surface area (Å²) in [6, 6.07) is 5.15. The zero-order valence-electron chi connectivity index (χ0n) is 9.63.